The van der Waals surface area contributed by atoms with Gasteiger partial charge in [-0.3, -0.25) is 4.79 Å². The maximum absolute atomic E-state index is 12.1. The van der Waals surface area contributed by atoms with Crippen LogP contribution in [0.4, 0.5) is 0 Å². The van der Waals surface area contributed by atoms with E-state index in [1.54, 1.807) is 12.1 Å². The van der Waals surface area contributed by atoms with Crippen LogP contribution in [0.15, 0.2) is 29.2 Å². The SMILES string of the molecule is O=C(CCNS(=O)(=O)c1ccccc1Cl)NOC1CCCCO1. The highest BCUT2D eigenvalue weighted by atomic mass is 35.5. The van der Waals surface area contributed by atoms with Gasteiger partial charge < -0.3 is 4.74 Å². The average molecular weight is 363 g/mol. The monoisotopic (exact) mass is 362 g/mol. The van der Waals surface area contributed by atoms with E-state index in [1.807, 2.05) is 0 Å². The topological polar surface area (TPSA) is 93.7 Å². The lowest BCUT2D eigenvalue weighted by Crippen LogP contribution is -2.35. The summed E-state index contributed by atoms with van der Waals surface area (Å²) in [7, 11) is -3.75. The number of hydrogen-bond donors (Lipinski definition) is 2. The Labute approximate surface area is 140 Å². The van der Waals surface area contributed by atoms with E-state index in [4.69, 9.17) is 21.2 Å². The summed E-state index contributed by atoms with van der Waals surface area (Å²) in [5, 5.41) is 0.127. The lowest BCUT2D eigenvalue weighted by molar-refractivity contribution is -0.200. The summed E-state index contributed by atoms with van der Waals surface area (Å²) in [6, 6.07) is 6.10. The molecule has 1 aromatic carbocycles. The average Bonchev–Trinajstić information content (AvgIpc) is 2.54. The Balaban J connectivity index is 1.73. The molecule has 0 aromatic heterocycles. The van der Waals surface area contributed by atoms with Gasteiger partial charge in [-0.2, -0.15) is 0 Å². The van der Waals surface area contributed by atoms with Crippen LogP contribution in [0.2, 0.25) is 5.02 Å². The van der Waals surface area contributed by atoms with Gasteiger partial charge in [0.2, 0.25) is 15.9 Å². The number of benzene rings is 1. The van der Waals surface area contributed by atoms with Crippen LogP contribution >= 0.6 is 11.6 Å². The van der Waals surface area contributed by atoms with E-state index in [2.05, 4.69) is 10.2 Å². The molecule has 0 aliphatic carbocycles. The van der Waals surface area contributed by atoms with Crippen LogP contribution in [-0.4, -0.2) is 33.8 Å². The Bertz CT molecular complexity index is 632. The quantitative estimate of drug-likeness (QED) is 0.718. The highest BCUT2D eigenvalue weighted by Crippen LogP contribution is 2.19. The van der Waals surface area contributed by atoms with Gasteiger partial charge in [0, 0.05) is 26.0 Å². The lowest BCUT2D eigenvalue weighted by atomic mass is 10.2. The van der Waals surface area contributed by atoms with Gasteiger partial charge in [-0.1, -0.05) is 23.7 Å². The number of hydrogen-bond acceptors (Lipinski definition) is 5. The first kappa shape index (κ1) is 18.2. The van der Waals surface area contributed by atoms with Crippen LogP contribution in [0, 0.1) is 0 Å². The smallest absolute Gasteiger partial charge is 0.244 e. The van der Waals surface area contributed by atoms with Crippen molar-refractivity contribution in [1.29, 1.82) is 0 Å². The second kappa shape index (κ2) is 8.60. The molecule has 1 aromatic rings. The van der Waals surface area contributed by atoms with Crippen molar-refractivity contribution in [2.75, 3.05) is 13.2 Å². The van der Waals surface area contributed by atoms with Crippen molar-refractivity contribution in [3.63, 3.8) is 0 Å². The largest absolute Gasteiger partial charge is 0.350 e. The molecule has 1 amide bonds. The Kier molecular flexibility index (Phi) is 6.79. The van der Waals surface area contributed by atoms with E-state index in [9.17, 15) is 13.2 Å². The molecule has 7 nitrogen and oxygen atoms in total. The Hall–Kier alpha value is -1.19. The molecule has 0 radical (unpaired) electrons. The first-order chi connectivity index (χ1) is 11.0. The normalized spacial score (nSPS) is 18.6. The second-order valence-electron chi connectivity index (χ2n) is 5.02. The van der Waals surface area contributed by atoms with Gasteiger partial charge in [0.1, 0.15) is 4.90 Å². The third-order valence-corrected chi connectivity index (χ3v) is 5.17. The van der Waals surface area contributed by atoms with E-state index in [0.717, 1.165) is 19.3 Å². The number of carbonyl (C=O) groups excluding carboxylic acids is 1. The number of carbonyl (C=O) groups is 1. The number of nitrogens with one attached hydrogen (secondary N) is 2. The maximum Gasteiger partial charge on any atom is 0.244 e. The molecular formula is C14H19ClN2O5S. The Morgan fingerprint density at radius 2 is 2.13 bits per heavy atom. The van der Waals surface area contributed by atoms with Gasteiger partial charge >= 0.3 is 0 Å². The maximum atomic E-state index is 12.1. The summed E-state index contributed by atoms with van der Waals surface area (Å²) in [5.74, 6) is -0.430. The molecule has 2 N–H and O–H groups in total. The van der Waals surface area contributed by atoms with E-state index < -0.39 is 22.2 Å². The summed E-state index contributed by atoms with van der Waals surface area (Å²) >= 11 is 5.85. The summed E-state index contributed by atoms with van der Waals surface area (Å²) in [6.45, 7) is 0.548. The van der Waals surface area contributed by atoms with Gasteiger partial charge in [0.15, 0.2) is 6.29 Å². The van der Waals surface area contributed by atoms with Gasteiger partial charge in [0.25, 0.3) is 0 Å². The number of hydroxylamine groups is 1. The third kappa shape index (κ3) is 5.74. The van der Waals surface area contributed by atoms with Gasteiger partial charge in [-0.05, 0) is 25.0 Å². The first-order valence-corrected chi connectivity index (χ1v) is 9.15. The lowest BCUT2D eigenvalue weighted by Gasteiger charge is -2.22. The highest BCUT2D eigenvalue weighted by Gasteiger charge is 2.18. The van der Waals surface area contributed by atoms with Gasteiger partial charge in [-0.25, -0.2) is 23.5 Å². The van der Waals surface area contributed by atoms with Gasteiger partial charge in [-0.15, -0.1) is 0 Å². The van der Waals surface area contributed by atoms with Crippen LogP contribution in [0.1, 0.15) is 25.7 Å². The van der Waals surface area contributed by atoms with Crippen LogP contribution in [0.25, 0.3) is 0 Å². The molecular weight excluding hydrogens is 344 g/mol. The van der Waals surface area contributed by atoms with Crippen molar-refractivity contribution in [3.8, 4) is 0 Å². The van der Waals surface area contributed by atoms with Crippen molar-refractivity contribution in [3.05, 3.63) is 29.3 Å². The van der Waals surface area contributed by atoms with Crippen LogP contribution < -0.4 is 10.2 Å². The molecule has 2 rings (SSSR count). The third-order valence-electron chi connectivity index (χ3n) is 3.21. The molecule has 1 saturated heterocycles. The van der Waals surface area contributed by atoms with Crippen LogP contribution in [-0.2, 0) is 24.4 Å². The number of rotatable bonds is 7. The summed E-state index contributed by atoms with van der Waals surface area (Å²) in [6.07, 6.45) is 2.19. The minimum atomic E-state index is -3.75. The minimum Gasteiger partial charge on any atom is -0.350 e. The van der Waals surface area contributed by atoms with E-state index in [-0.39, 0.29) is 22.9 Å². The van der Waals surface area contributed by atoms with Crippen molar-refractivity contribution in [2.45, 2.75) is 36.9 Å². The second-order valence-corrected chi connectivity index (χ2v) is 7.16. The fourth-order valence-electron chi connectivity index (χ4n) is 2.03. The minimum absolute atomic E-state index is 0.0195. The predicted molar refractivity (Wildman–Crippen MR) is 84.1 cm³/mol. The Morgan fingerprint density at radius 3 is 2.83 bits per heavy atom. The molecule has 128 valence electrons. The summed E-state index contributed by atoms with van der Waals surface area (Å²) in [5.41, 5.74) is 2.26. The van der Waals surface area contributed by atoms with Crippen LogP contribution in [0.5, 0.6) is 0 Å². The molecule has 1 atom stereocenters. The summed E-state index contributed by atoms with van der Waals surface area (Å²) < 4.78 is 31.7. The highest BCUT2D eigenvalue weighted by molar-refractivity contribution is 7.89. The van der Waals surface area contributed by atoms with E-state index in [0.29, 0.717) is 6.61 Å². The molecule has 1 aliphatic heterocycles. The van der Waals surface area contributed by atoms with E-state index >= 15 is 0 Å². The number of halogens is 1. The molecule has 9 heteroatoms. The van der Waals surface area contributed by atoms with Gasteiger partial charge in [0.05, 0.1) is 5.02 Å². The Morgan fingerprint density at radius 1 is 1.35 bits per heavy atom. The zero-order chi connectivity index (χ0) is 16.7. The molecule has 1 aliphatic rings. The molecule has 1 heterocycles. The number of ether oxygens (including phenoxy) is 1. The molecule has 1 unspecified atom stereocenters. The number of sulfonamides is 1. The van der Waals surface area contributed by atoms with Crippen molar-refractivity contribution in [1.82, 2.24) is 10.2 Å². The summed E-state index contributed by atoms with van der Waals surface area (Å²) in [4.78, 5) is 16.7. The van der Waals surface area contributed by atoms with Crippen LogP contribution in [0.3, 0.4) is 0 Å². The molecule has 0 saturated carbocycles. The fraction of sp³-hybridized carbons (Fsp3) is 0.500. The molecule has 1 fully saturated rings. The molecule has 0 bridgehead atoms. The van der Waals surface area contributed by atoms with Crippen molar-refractivity contribution < 1.29 is 22.8 Å². The molecule has 0 spiro atoms. The van der Waals surface area contributed by atoms with Crippen molar-refractivity contribution >= 4 is 27.5 Å². The molecule has 23 heavy (non-hydrogen) atoms. The number of amides is 1. The zero-order valence-corrected chi connectivity index (χ0v) is 14.0. The standard InChI is InChI=1S/C14H19ClN2O5S/c15-11-5-1-2-6-12(11)23(19,20)16-9-8-13(18)17-22-14-7-3-4-10-21-14/h1-2,5-6,14,16H,3-4,7-10H2,(H,17,18). The fourth-order valence-corrected chi connectivity index (χ4v) is 3.58. The van der Waals surface area contributed by atoms with E-state index in [1.165, 1.54) is 12.1 Å². The predicted octanol–water partition coefficient (Wildman–Crippen LogP) is 1.58. The zero-order valence-electron chi connectivity index (χ0n) is 12.5. The van der Waals surface area contributed by atoms with Crippen molar-refractivity contribution in [2.24, 2.45) is 0 Å². The first-order valence-electron chi connectivity index (χ1n) is 7.29.